The predicted octanol–water partition coefficient (Wildman–Crippen LogP) is 1.47. The van der Waals surface area contributed by atoms with Crippen molar-refractivity contribution in [1.29, 1.82) is 0 Å². The molecule has 0 bridgehead atoms. The monoisotopic (exact) mass is 332 g/mol. The smallest absolute Gasteiger partial charge is 0.326 e. The fourth-order valence-corrected chi connectivity index (χ4v) is 3.74. The molecule has 2 aromatic carbocycles. The normalized spacial score (nSPS) is 16.4. The number of benzene rings is 2. The Kier molecular flexibility index (Phi) is 3.73. The van der Waals surface area contributed by atoms with Gasteiger partial charge in [-0.3, -0.25) is 4.79 Å². The molecule has 1 heterocycles. The van der Waals surface area contributed by atoms with Gasteiger partial charge in [-0.15, -0.1) is 0 Å². The van der Waals surface area contributed by atoms with E-state index in [1.165, 1.54) is 12.1 Å². The Morgan fingerprint density at radius 3 is 2.57 bits per heavy atom. The lowest BCUT2D eigenvalue weighted by Crippen LogP contribution is -2.29. The van der Waals surface area contributed by atoms with Gasteiger partial charge in [0.25, 0.3) is 5.91 Å². The van der Waals surface area contributed by atoms with Crippen LogP contribution in [-0.2, 0) is 21.4 Å². The first-order chi connectivity index (χ1) is 10.9. The standard InChI is InChI=1S/C16H16N2O4S/c1-11-4-2-3-5-13(11)8-12-6-7-14(15(19)9-12)18-10-16(20)17-23(18,21)22/h2-7,9,19H,8,10H2,1H3,(H,17,20). The Hall–Kier alpha value is -2.54. The number of anilines is 1. The van der Waals surface area contributed by atoms with E-state index in [0.29, 0.717) is 6.42 Å². The largest absolute Gasteiger partial charge is 0.506 e. The number of phenols is 1. The molecule has 7 heteroatoms. The van der Waals surface area contributed by atoms with Gasteiger partial charge in [-0.25, -0.2) is 9.03 Å². The van der Waals surface area contributed by atoms with Gasteiger partial charge in [0.1, 0.15) is 12.3 Å². The van der Waals surface area contributed by atoms with Crippen molar-refractivity contribution in [3.63, 3.8) is 0 Å². The lowest BCUT2D eigenvalue weighted by Gasteiger charge is -2.17. The molecule has 1 aliphatic heterocycles. The molecule has 0 spiro atoms. The maximum absolute atomic E-state index is 11.8. The van der Waals surface area contributed by atoms with E-state index in [0.717, 1.165) is 21.0 Å². The molecule has 1 saturated heterocycles. The Labute approximate surface area is 134 Å². The van der Waals surface area contributed by atoms with Gasteiger partial charge < -0.3 is 5.11 Å². The highest BCUT2D eigenvalue weighted by Crippen LogP contribution is 2.32. The lowest BCUT2D eigenvalue weighted by atomic mass is 10.0. The van der Waals surface area contributed by atoms with Crippen LogP contribution in [0.4, 0.5) is 5.69 Å². The van der Waals surface area contributed by atoms with E-state index in [2.05, 4.69) is 0 Å². The van der Waals surface area contributed by atoms with Gasteiger partial charge in [0, 0.05) is 0 Å². The van der Waals surface area contributed by atoms with Crippen LogP contribution in [0.1, 0.15) is 16.7 Å². The van der Waals surface area contributed by atoms with Crippen LogP contribution in [0.5, 0.6) is 5.75 Å². The van der Waals surface area contributed by atoms with Gasteiger partial charge in [-0.05, 0) is 42.2 Å². The minimum atomic E-state index is -3.92. The summed E-state index contributed by atoms with van der Waals surface area (Å²) < 4.78 is 26.4. The summed E-state index contributed by atoms with van der Waals surface area (Å²) in [5.74, 6) is -0.787. The van der Waals surface area contributed by atoms with Crippen LogP contribution in [0, 0.1) is 6.92 Å². The van der Waals surface area contributed by atoms with E-state index < -0.39 is 16.1 Å². The maximum Gasteiger partial charge on any atom is 0.326 e. The zero-order chi connectivity index (χ0) is 16.6. The molecule has 0 unspecified atom stereocenters. The van der Waals surface area contributed by atoms with Gasteiger partial charge >= 0.3 is 10.2 Å². The summed E-state index contributed by atoms with van der Waals surface area (Å²) in [4.78, 5) is 11.3. The second-order valence-corrected chi connectivity index (χ2v) is 7.06. The van der Waals surface area contributed by atoms with Gasteiger partial charge in [0.15, 0.2) is 0 Å². The Bertz CT molecular complexity index is 877. The minimum Gasteiger partial charge on any atom is -0.506 e. The van der Waals surface area contributed by atoms with Gasteiger partial charge in [0.2, 0.25) is 0 Å². The van der Waals surface area contributed by atoms with Gasteiger partial charge in [-0.1, -0.05) is 30.3 Å². The lowest BCUT2D eigenvalue weighted by molar-refractivity contribution is -0.117. The molecular formula is C16H16N2O4S. The summed E-state index contributed by atoms with van der Waals surface area (Å²) in [6.45, 7) is 1.69. The molecule has 0 aliphatic carbocycles. The Balaban J connectivity index is 1.90. The third-order valence-electron chi connectivity index (χ3n) is 3.78. The van der Waals surface area contributed by atoms with Crippen LogP contribution in [0.3, 0.4) is 0 Å². The average molecular weight is 332 g/mol. The number of nitrogens with one attached hydrogen (secondary N) is 1. The molecule has 3 rings (SSSR count). The Morgan fingerprint density at radius 1 is 1.22 bits per heavy atom. The highest BCUT2D eigenvalue weighted by Gasteiger charge is 2.35. The first-order valence-corrected chi connectivity index (χ1v) is 8.50. The number of nitrogens with zero attached hydrogens (tertiary/aromatic N) is 1. The molecule has 0 aromatic heterocycles. The zero-order valence-electron chi connectivity index (χ0n) is 12.5. The van der Waals surface area contributed by atoms with Crippen molar-refractivity contribution in [2.45, 2.75) is 13.3 Å². The summed E-state index contributed by atoms with van der Waals surface area (Å²) in [6.07, 6.45) is 0.629. The van der Waals surface area contributed by atoms with Crippen molar-refractivity contribution in [3.05, 3.63) is 59.2 Å². The molecule has 1 amide bonds. The second-order valence-electron chi connectivity index (χ2n) is 5.46. The minimum absolute atomic E-state index is 0.0943. The summed E-state index contributed by atoms with van der Waals surface area (Å²) in [5.41, 5.74) is 3.23. The third kappa shape index (κ3) is 3.00. The molecule has 23 heavy (non-hydrogen) atoms. The molecule has 1 fully saturated rings. The summed E-state index contributed by atoms with van der Waals surface area (Å²) in [5, 5.41) is 10.2. The molecule has 2 N–H and O–H groups in total. The van der Waals surface area contributed by atoms with E-state index in [1.54, 1.807) is 6.07 Å². The SMILES string of the molecule is Cc1ccccc1Cc1ccc(N2CC(=O)NS2(=O)=O)c(O)c1. The van der Waals surface area contributed by atoms with Crippen LogP contribution in [-0.4, -0.2) is 26.0 Å². The molecule has 0 atom stereocenters. The summed E-state index contributed by atoms with van der Waals surface area (Å²) in [6, 6.07) is 12.7. The Morgan fingerprint density at radius 2 is 1.96 bits per heavy atom. The van der Waals surface area contributed by atoms with E-state index >= 15 is 0 Å². The number of rotatable bonds is 3. The van der Waals surface area contributed by atoms with Crippen LogP contribution >= 0.6 is 0 Å². The molecule has 6 nitrogen and oxygen atoms in total. The van der Waals surface area contributed by atoms with E-state index in [-0.39, 0.29) is 18.0 Å². The molecule has 1 aliphatic rings. The molecule has 120 valence electrons. The van der Waals surface area contributed by atoms with E-state index in [1.807, 2.05) is 35.9 Å². The van der Waals surface area contributed by atoms with Crippen LogP contribution < -0.4 is 9.03 Å². The van der Waals surface area contributed by atoms with E-state index in [4.69, 9.17) is 0 Å². The first kappa shape index (κ1) is 15.4. The molecule has 0 radical (unpaired) electrons. The number of amides is 1. The summed E-state index contributed by atoms with van der Waals surface area (Å²) >= 11 is 0. The molecule has 2 aromatic rings. The number of aryl methyl sites for hydroxylation is 1. The molecular weight excluding hydrogens is 316 g/mol. The van der Waals surface area contributed by atoms with Crippen molar-refractivity contribution >= 4 is 21.8 Å². The molecule has 0 saturated carbocycles. The first-order valence-electron chi connectivity index (χ1n) is 7.06. The third-order valence-corrected chi connectivity index (χ3v) is 5.18. The predicted molar refractivity (Wildman–Crippen MR) is 86.5 cm³/mol. The van der Waals surface area contributed by atoms with Gasteiger partial charge in [-0.2, -0.15) is 8.42 Å². The number of carbonyl (C=O) groups is 1. The van der Waals surface area contributed by atoms with Crippen molar-refractivity contribution in [2.24, 2.45) is 0 Å². The zero-order valence-corrected chi connectivity index (χ0v) is 13.3. The van der Waals surface area contributed by atoms with Crippen LogP contribution in [0.15, 0.2) is 42.5 Å². The highest BCUT2D eigenvalue weighted by molar-refractivity contribution is 7.92. The van der Waals surface area contributed by atoms with Crippen molar-refractivity contribution in [1.82, 2.24) is 4.72 Å². The summed E-state index contributed by atoms with van der Waals surface area (Å²) in [7, 11) is -3.92. The maximum atomic E-state index is 11.8. The van der Waals surface area contributed by atoms with Gasteiger partial charge in [0.05, 0.1) is 5.69 Å². The van der Waals surface area contributed by atoms with Crippen LogP contribution in [0.2, 0.25) is 0 Å². The average Bonchev–Trinajstić information content (AvgIpc) is 2.74. The van der Waals surface area contributed by atoms with Crippen molar-refractivity contribution in [2.75, 3.05) is 10.8 Å². The number of hydrogen-bond donors (Lipinski definition) is 2. The topological polar surface area (TPSA) is 86.7 Å². The highest BCUT2D eigenvalue weighted by atomic mass is 32.2. The number of phenolic OH excluding ortho intramolecular Hbond substituents is 1. The number of carbonyl (C=O) groups excluding carboxylic acids is 1. The quantitative estimate of drug-likeness (QED) is 0.891. The number of aromatic hydroxyl groups is 1. The van der Waals surface area contributed by atoms with Crippen LogP contribution in [0.25, 0.3) is 0 Å². The fourth-order valence-electron chi connectivity index (χ4n) is 2.58. The number of hydrogen-bond acceptors (Lipinski definition) is 4. The fraction of sp³-hybridized carbons (Fsp3) is 0.188. The van der Waals surface area contributed by atoms with Crippen molar-refractivity contribution in [3.8, 4) is 5.75 Å². The van der Waals surface area contributed by atoms with Crippen molar-refractivity contribution < 1.29 is 18.3 Å². The second kappa shape index (κ2) is 5.58. The van der Waals surface area contributed by atoms with E-state index in [9.17, 15) is 18.3 Å².